The molecule has 0 aromatic carbocycles. The maximum Gasteiger partial charge on any atom is 0.287 e. The van der Waals surface area contributed by atoms with E-state index in [0.29, 0.717) is 19.6 Å². The van der Waals surface area contributed by atoms with Crippen LogP contribution in [-0.2, 0) is 10.0 Å². The third-order valence-corrected chi connectivity index (χ3v) is 6.31. The molecule has 9 heteroatoms. The van der Waals surface area contributed by atoms with Crippen molar-refractivity contribution in [3.8, 4) is 0 Å². The first-order chi connectivity index (χ1) is 11.4. The number of aryl methyl sites for hydroxylation is 1. The normalized spacial score (nSPS) is 16.4. The van der Waals surface area contributed by atoms with Gasteiger partial charge in [-0.05, 0) is 26.2 Å². The maximum absolute atomic E-state index is 12.6. The van der Waals surface area contributed by atoms with E-state index < -0.39 is 15.9 Å². The molecule has 144 valence electrons. The van der Waals surface area contributed by atoms with Crippen LogP contribution in [0.4, 0.5) is 0 Å². The molecule has 1 aromatic rings. The van der Waals surface area contributed by atoms with E-state index in [2.05, 4.69) is 12.2 Å². The lowest BCUT2D eigenvalue weighted by atomic mass is 10.1. The summed E-state index contributed by atoms with van der Waals surface area (Å²) in [6.45, 7) is 5.00. The minimum absolute atomic E-state index is 0. The molecular formula is C16H28ClN3O4S. The fraction of sp³-hybridized carbons (Fsp3) is 0.688. The van der Waals surface area contributed by atoms with Crippen LogP contribution in [0.2, 0.25) is 0 Å². The van der Waals surface area contributed by atoms with Crippen molar-refractivity contribution in [2.75, 3.05) is 19.6 Å². The number of amides is 1. The van der Waals surface area contributed by atoms with Crippen LogP contribution in [0, 0.1) is 6.92 Å². The molecule has 1 atom stereocenters. The summed E-state index contributed by atoms with van der Waals surface area (Å²) in [4.78, 5) is 12.4. The average Bonchev–Trinajstić information content (AvgIpc) is 3.21. The van der Waals surface area contributed by atoms with E-state index in [1.165, 1.54) is 10.4 Å². The molecule has 0 bridgehead atoms. The van der Waals surface area contributed by atoms with E-state index >= 15 is 0 Å². The highest BCUT2D eigenvalue weighted by atomic mass is 35.5. The van der Waals surface area contributed by atoms with Gasteiger partial charge in [0.25, 0.3) is 5.91 Å². The molecule has 2 heterocycles. The van der Waals surface area contributed by atoms with E-state index in [-0.39, 0.29) is 34.9 Å². The zero-order valence-electron chi connectivity index (χ0n) is 14.8. The quantitative estimate of drug-likeness (QED) is 0.703. The third-order valence-electron chi connectivity index (χ3n) is 4.30. The Bertz CT molecular complexity index is 669. The number of nitrogens with one attached hydrogen (secondary N) is 1. The Morgan fingerprint density at radius 3 is 2.60 bits per heavy atom. The molecule has 0 saturated carbocycles. The van der Waals surface area contributed by atoms with Crippen molar-refractivity contribution in [2.24, 2.45) is 5.73 Å². The Morgan fingerprint density at radius 1 is 1.40 bits per heavy atom. The van der Waals surface area contributed by atoms with E-state index in [4.69, 9.17) is 10.2 Å². The molecule has 7 nitrogen and oxygen atoms in total. The first kappa shape index (κ1) is 22.0. The number of nitrogens with two attached hydrogens (primary N) is 1. The molecule has 1 aliphatic rings. The van der Waals surface area contributed by atoms with Crippen molar-refractivity contribution < 1.29 is 17.6 Å². The Hall–Kier alpha value is -1.09. The van der Waals surface area contributed by atoms with Crippen LogP contribution in [0.25, 0.3) is 0 Å². The molecule has 1 saturated heterocycles. The topological polar surface area (TPSA) is 106 Å². The fourth-order valence-corrected chi connectivity index (χ4v) is 4.53. The highest BCUT2D eigenvalue weighted by Gasteiger charge is 2.31. The van der Waals surface area contributed by atoms with Crippen molar-refractivity contribution >= 4 is 28.3 Å². The molecule has 0 radical (unpaired) electrons. The average molecular weight is 394 g/mol. The van der Waals surface area contributed by atoms with Crippen molar-refractivity contribution in [3.63, 3.8) is 0 Å². The van der Waals surface area contributed by atoms with Gasteiger partial charge in [-0.15, -0.1) is 12.4 Å². The highest BCUT2D eigenvalue weighted by Crippen LogP contribution is 2.26. The van der Waals surface area contributed by atoms with E-state index in [1.807, 2.05) is 0 Å². The number of carbonyl (C=O) groups excluding carboxylic acids is 1. The maximum atomic E-state index is 12.6. The second-order valence-corrected chi connectivity index (χ2v) is 8.10. The molecule has 0 spiro atoms. The number of carbonyl (C=O) groups is 1. The predicted octanol–water partition coefficient (Wildman–Crippen LogP) is 2.04. The minimum Gasteiger partial charge on any atom is -0.455 e. The van der Waals surface area contributed by atoms with Crippen LogP contribution < -0.4 is 11.1 Å². The van der Waals surface area contributed by atoms with Crippen molar-refractivity contribution in [3.05, 3.63) is 17.6 Å². The van der Waals surface area contributed by atoms with Crippen LogP contribution >= 0.6 is 12.4 Å². The minimum atomic E-state index is -3.60. The number of hydrogen-bond acceptors (Lipinski definition) is 5. The van der Waals surface area contributed by atoms with Gasteiger partial charge in [0.1, 0.15) is 10.7 Å². The molecule has 2 rings (SSSR count). The monoisotopic (exact) mass is 393 g/mol. The highest BCUT2D eigenvalue weighted by molar-refractivity contribution is 7.89. The van der Waals surface area contributed by atoms with Crippen molar-refractivity contribution in [2.45, 2.75) is 56.9 Å². The summed E-state index contributed by atoms with van der Waals surface area (Å²) < 4.78 is 32.1. The predicted molar refractivity (Wildman–Crippen MR) is 98.5 cm³/mol. The Kier molecular flexibility index (Phi) is 8.40. The first-order valence-electron chi connectivity index (χ1n) is 8.51. The Morgan fingerprint density at radius 2 is 2.04 bits per heavy atom. The van der Waals surface area contributed by atoms with Gasteiger partial charge < -0.3 is 15.5 Å². The van der Waals surface area contributed by atoms with Crippen LogP contribution in [0.5, 0.6) is 0 Å². The van der Waals surface area contributed by atoms with Gasteiger partial charge in [-0.1, -0.05) is 19.8 Å². The summed E-state index contributed by atoms with van der Waals surface area (Å²) >= 11 is 0. The molecular weight excluding hydrogens is 366 g/mol. The molecule has 25 heavy (non-hydrogen) atoms. The summed E-state index contributed by atoms with van der Waals surface area (Å²) in [7, 11) is -3.60. The molecule has 3 N–H and O–H groups in total. The van der Waals surface area contributed by atoms with E-state index in [9.17, 15) is 13.2 Å². The van der Waals surface area contributed by atoms with Crippen molar-refractivity contribution in [1.82, 2.24) is 9.62 Å². The Labute approximate surface area is 155 Å². The first-order valence-corrected chi connectivity index (χ1v) is 9.95. The van der Waals surface area contributed by atoms with Crippen molar-refractivity contribution in [1.29, 1.82) is 0 Å². The fourth-order valence-electron chi connectivity index (χ4n) is 2.86. The Balaban J connectivity index is 0.00000312. The molecule has 1 aliphatic heterocycles. The molecule has 1 fully saturated rings. The number of unbranched alkanes of at least 4 members (excludes halogenated alkanes) is 1. The smallest absolute Gasteiger partial charge is 0.287 e. The third kappa shape index (κ3) is 5.20. The lowest BCUT2D eigenvalue weighted by Gasteiger charge is -2.15. The molecule has 0 aliphatic carbocycles. The second-order valence-electron chi connectivity index (χ2n) is 6.19. The van der Waals surface area contributed by atoms with Crippen LogP contribution in [0.1, 0.15) is 55.3 Å². The van der Waals surface area contributed by atoms with Gasteiger partial charge >= 0.3 is 0 Å². The van der Waals surface area contributed by atoms with Gasteiger partial charge in [-0.2, -0.15) is 4.31 Å². The molecule has 1 unspecified atom stereocenters. The number of nitrogens with zero attached hydrogens (tertiary/aromatic N) is 1. The lowest BCUT2D eigenvalue weighted by molar-refractivity contribution is 0.0906. The van der Waals surface area contributed by atoms with Gasteiger partial charge in [0, 0.05) is 31.7 Å². The van der Waals surface area contributed by atoms with Gasteiger partial charge in [-0.3, -0.25) is 4.79 Å². The number of furan rings is 1. The van der Waals surface area contributed by atoms with Crippen LogP contribution in [0.3, 0.4) is 0 Å². The van der Waals surface area contributed by atoms with Gasteiger partial charge in [0.15, 0.2) is 5.76 Å². The SMILES string of the molecule is CCCCC(CN)NC(=O)c1cc(S(=O)(=O)N2CCCC2)c(C)o1.Cl. The van der Waals surface area contributed by atoms with Crippen LogP contribution in [0.15, 0.2) is 15.4 Å². The standard InChI is InChI=1S/C16H27N3O4S.ClH/c1-3-4-7-13(11-17)18-16(20)14-10-15(12(2)23-14)24(21,22)19-8-5-6-9-19;/h10,13H,3-9,11,17H2,1-2H3,(H,18,20);1H. The largest absolute Gasteiger partial charge is 0.455 e. The zero-order valence-corrected chi connectivity index (χ0v) is 16.4. The number of hydrogen-bond donors (Lipinski definition) is 2. The van der Waals surface area contributed by atoms with Gasteiger partial charge in [0.2, 0.25) is 10.0 Å². The molecule has 1 amide bonds. The summed E-state index contributed by atoms with van der Waals surface area (Å²) in [6.07, 6.45) is 4.49. The summed E-state index contributed by atoms with van der Waals surface area (Å²) in [6, 6.07) is 1.19. The van der Waals surface area contributed by atoms with E-state index in [0.717, 1.165) is 32.1 Å². The van der Waals surface area contributed by atoms with Gasteiger partial charge in [0.05, 0.1) is 0 Å². The van der Waals surface area contributed by atoms with E-state index in [1.54, 1.807) is 6.92 Å². The number of rotatable bonds is 8. The lowest BCUT2D eigenvalue weighted by Crippen LogP contribution is -2.40. The number of sulfonamides is 1. The summed E-state index contributed by atoms with van der Waals surface area (Å²) in [5.41, 5.74) is 5.68. The van der Waals surface area contributed by atoms with Gasteiger partial charge in [-0.25, -0.2) is 8.42 Å². The second kappa shape index (κ2) is 9.56. The summed E-state index contributed by atoms with van der Waals surface area (Å²) in [5.74, 6) is -0.169. The summed E-state index contributed by atoms with van der Waals surface area (Å²) in [5, 5.41) is 2.81. The van der Waals surface area contributed by atoms with Crippen LogP contribution in [-0.4, -0.2) is 44.3 Å². The zero-order chi connectivity index (χ0) is 17.7. The molecule has 1 aromatic heterocycles. The number of halogens is 1.